The third-order valence-electron chi connectivity index (χ3n) is 9.60. The summed E-state index contributed by atoms with van der Waals surface area (Å²) in [6, 6.07) is 5.89. The second kappa shape index (κ2) is 14.4. The smallest absolute Gasteiger partial charge is 0.422 e. The van der Waals surface area contributed by atoms with Crippen LogP contribution in [0.15, 0.2) is 41.3 Å². The number of piperidine rings is 1. The monoisotopic (exact) mass is 788 g/mol. The van der Waals surface area contributed by atoms with Crippen LogP contribution in [0, 0.1) is 0 Å². The van der Waals surface area contributed by atoms with Gasteiger partial charge in [0.1, 0.15) is 30.0 Å². The SMILES string of the molecule is CN1CCN(C2CCN(c3nc(OCC(F)(F)F)c(Nc4ncc(Br)c(Nc5ccc6nccnc6c5P(C)(C)=O)n4)cc3C3CC3)CC2)CC1. The van der Waals surface area contributed by atoms with E-state index >= 15 is 0 Å². The van der Waals surface area contributed by atoms with Crippen molar-refractivity contribution < 1.29 is 22.5 Å². The van der Waals surface area contributed by atoms with Crippen LogP contribution >= 0.6 is 23.1 Å². The summed E-state index contributed by atoms with van der Waals surface area (Å²) in [6.45, 7) is 7.59. The summed E-state index contributed by atoms with van der Waals surface area (Å²) in [4.78, 5) is 29.7. The maximum atomic E-state index is 13.5. The molecule has 2 aliphatic heterocycles. The molecule has 0 atom stereocenters. The van der Waals surface area contributed by atoms with Crippen molar-refractivity contribution in [2.45, 2.75) is 43.8 Å². The van der Waals surface area contributed by atoms with Crippen LogP contribution in [0.5, 0.6) is 5.88 Å². The van der Waals surface area contributed by atoms with Crippen LogP contribution in [0.1, 0.15) is 37.2 Å². The van der Waals surface area contributed by atoms with Gasteiger partial charge in [-0.05, 0) is 86.1 Å². The van der Waals surface area contributed by atoms with Gasteiger partial charge in [0, 0.05) is 69.5 Å². The van der Waals surface area contributed by atoms with E-state index in [2.05, 4.69) is 68.2 Å². The van der Waals surface area contributed by atoms with E-state index < -0.39 is 19.9 Å². The zero-order valence-corrected chi connectivity index (χ0v) is 31.2. The first kappa shape index (κ1) is 35.8. The van der Waals surface area contributed by atoms with Crippen LogP contribution in [0.3, 0.4) is 0 Å². The fraction of sp³-hybridized carbons (Fsp3) is 0.500. The lowest BCUT2D eigenvalue weighted by atomic mass is 10.0. The van der Waals surface area contributed by atoms with Gasteiger partial charge in [-0.25, -0.2) is 4.98 Å². The number of hydrogen-bond donors (Lipinski definition) is 2. The molecule has 51 heavy (non-hydrogen) atoms. The lowest BCUT2D eigenvalue weighted by Gasteiger charge is -2.42. The van der Waals surface area contributed by atoms with Crippen molar-refractivity contribution in [3.63, 3.8) is 0 Å². The van der Waals surface area contributed by atoms with Gasteiger partial charge in [-0.3, -0.25) is 14.9 Å². The van der Waals surface area contributed by atoms with Gasteiger partial charge >= 0.3 is 6.18 Å². The van der Waals surface area contributed by atoms with Gasteiger partial charge in [0.05, 0.1) is 21.0 Å². The van der Waals surface area contributed by atoms with Gasteiger partial charge in [0.2, 0.25) is 11.8 Å². The number of likely N-dealkylation sites (N-methyl/N-ethyl adjacent to an activating group) is 1. The van der Waals surface area contributed by atoms with Crippen LogP contribution < -0.4 is 25.6 Å². The van der Waals surface area contributed by atoms with E-state index in [0.29, 0.717) is 44.2 Å². The minimum atomic E-state index is -4.56. The Morgan fingerprint density at radius 3 is 2.35 bits per heavy atom. The molecule has 0 unspecified atom stereocenters. The number of nitrogens with zero attached hydrogens (tertiary/aromatic N) is 8. The standard InChI is InChI=1S/C34H41BrF3N10O2P/c1-46-14-16-47(17-15-46)22-8-12-48(13-9-22)31-23(21-4-5-21)18-27(32(45-31)50-20-34(36,37)38)43-33-41-19-24(35)30(44-33)42-26-7-6-25-28(40-11-10-39-25)29(26)51(2,3)49/h6-7,10-11,18-19,21-22H,4-5,8-9,12-17,20H2,1-3H3,(H2,41,42,43,44). The van der Waals surface area contributed by atoms with Gasteiger partial charge in [-0.2, -0.15) is 23.1 Å². The molecule has 0 spiro atoms. The van der Waals surface area contributed by atoms with Crippen LogP contribution in [0.25, 0.3) is 11.0 Å². The summed E-state index contributed by atoms with van der Waals surface area (Å²) < 4.78 is 59.8. The van der Waals surface area contributed by atoms with Crippen molar-refractivity contribution in [3.8, 4) is 5.88 Å². The maximum Gasteiger partial charge on any atom is 0.422 e. The molecular weight excluding hydrogens is 748 g/mol. The van der Waals surface area contributed by atoms with Gasteiger partial charge in [0.25, 0.3) is 0 Å². The Morgan fingerprint density at radius 2 is 1.67 bits per heavy atom. The number of alkyl halides is 3. The van der Waals surface area contributed by atoms with E-state index in [4.69, 9.17) is 9.72 Å². The topological polar surface area (TPSA) is 125 Å². The molecule has 1 saturated carbocycles. The number of fused-ring (bicyclic) bond motifs is 1. The molecule has 2 N–H and O–H groups in total. The highest BCUT2D eigenvalue weighted by Gasteiger charge is 2.35. The Labute approximate surface area is 303 Å². The predicted molar refractivity (Wildman–Crippen MR) is 197 cm³/mol. The summed E-state index contributed by atoms with van der Waals surface area (Å²) in [6.07, 6.45) is 4.00. The highest BCUT2D eigenvalue weighted by molar-refractivity contribution is 9.10. The van der Waals surface area contributed by atoms with E-state index in [1.807, 2.05) is 6.07 Å². The first-order chi connectivity index (χ1) is 24.3. The number of hydrogen-bond acceptors (Lipinski definition) is 12. The second-order valence-corrected chi connectivity index (χ2v) is 17.9. The molecule has 272 valence electrons. The highest BCUT2D eigenvalue weighted by atomic mass is 79.9. The number of halogens is 4. The van der Waals surface area contributed by atoms with Crippen molar-refractivity contribution >= 4 is 68.4 Å². The van der Waals surface area contributed by atoms with Crippen LogP contribution in [0.2, 0.25) is 0 Å². The summed E-state index contributed by atoms with van der Waals surface area (Å²) in [5.41, 5.74) is 2.90. The van der Waals surface area contributed by atoms with Crippen molar-refractivity contribution in [3.05, 3.63) is 46.8 Å². The number of rotatable bonds is 10. The Bertz CT molecular complexity index is 1940. The number of piperazine rings is 1. The quantitative estimate of drug-likeness (QED) is 0.174. The first-order valence-corrected chi connectivity index (χ1v) is 20.5. The molecule has 4 aromatic rings. The molecular formula is C34H41BrF3N10O2P. The minimum Gasteiger partial charge on any atom is -0.466 e. The van der Waals surface area contributed by atoms with Gasteiger partial charge in [-0.15, -0.1) is 0 Å². The Morgan fingerprint density at radius 1 is 0.941 bits per heavy atom. The van der Waals surface area contributed by atoms with Crippen LogP contribution in [-0.2, 0) is 4.57 Å². The van der Waals surface area contributed by atoms with Crippen molar-refractivity contribution in [1.82, 2.24) is 34.7 Å². The van der Waals surface area contributed by atoms with Crippen molar-refractivity contribution in [2.75, 3.05) is 81.8 Å². The molecule has 12 nitrogen and oxygen atoms in total. The molecule has 2 saturated heterocycles. The molecule has 0 radical (unpaired) electrons. The van der Waals surface area contributed by atoms with Crippen molar-refractivity contribution in [1.29, 1.82) is 0 Å². The number of pyridine rings is 1. The average molecular weight is 790 g/mol. The fourth-order valence-corrected chi connectivity index (χ4v) is 8.54. The molecule has 1 aromatic carbocycles. The molecule has 5 heterocycles. The van der Waals surface area contributed by atoms with Crippen molar-refractivity contribution in [2.24, 2.45) is 0 Å². The van der Waals surface area contributed by atoms with Gasteiger partial charge in [0.15, 0.2) is 6.61 Å². The molecule has 3 aromatic heterocycles. The Kier molecular flexibility index (Phi) is 10.1. The van der Waals surface area contributed by atoms with E-state index in [9.17, 15) is 17.7 Å². The van der Waals surface area contributed by atoms with E-state index in [1.165, 1.54) is 6.20 Å². The Hall–Kier alpha value is -3.59. The lowest BCUT2D eigenvalue weighted by molar-refractivity contribution is -0.153. The molecule has 0 bridgehead atoms. The maximum absolute atomic E-state index is 13.5. The zero-order chi connectivity index (χ0) is 35.9. The fourth-order valence-electron chi connectivity index (χ4n) is 6.86. The largest absolute Gasteiger partial charge is 0.466 e. The number of nitrogens with one attached hydrogen (secondary N) is 2. The van der Waals surface area contributed by atoms with Crippen LogP contribution in [-0.4, -0.2) is 113 Å². The highest BCUT2D eigenvalue weighted by Crippen LogP contribution is 2.47. The molecule has 7 rings (SSSR count). The summed E-state index contributed by atoms with van der Waals surface area (Å²) in [7, 11) is -0.702. The zero-order valence-electron chi connectivity index (χ0n) is 28.8. The van der Waals surface area contributed by atoms with Gasteiger partial charge < -0.3 is 29.7 Å². The van der Waals surface area contributed by atoms with E-state index in [-0.39, 0.29) is 23.4 Å². The number of anilines is 5. The van der Waals surface area contributed by atoms with Crippen LogP contribution in [0.4, 0.5) is 42.1 Å². The molecule has 3 aliphatic rings. The second-order valence-electron chi connectivity index (χ2n) is 13.9. The summed E-state index contributed by atoms with van der Waals surface area (Å²) >= 11 is 3.50. The first-order valence-electron chi connectivity index (χ1n) is 17.1. The third-order valence-corrected chi connectivity index (χ3v) is 11.7. The number of benzene rings is 1. The average Bonchev–Trinajstić information content (AvgIpc) is 3.94. The number of aromatic nitrogens is 5. The minimum absolute atomic E-state index is 0.111. The summed E-state index contributed by atoms with van der Waals surface area (Å²) in [5.74, 6) is 1.24. The van der Waals surface area contributed by atoms with E-state index in [0.717, 1.165) is 70.5 Å². The van der Waals surface area contributed by atoms with E-state index in [1.54, 1.807) is 37.9 Å². The number of ether oxygens (including phenoxy) is 1. The third kappa shape index (κ3) is 8.40. The summed E-state index contributed by atoms with van der Waals surface area (Å²) in [5, 5.41) is 6.88. The lowest BCUT2D eigenvalue weighted by Crippen LogP contribution is -2.52. The Balaban J connectivity index is 1.18. The molecule has 3 fully saturated rings. The predicted octanol–water partition coefficient (Wildman–Crippen LogP) is 6.35. The molecule has 0 amide bonds. The normalized spacial score (nSPS) is 18.3. The molecule has 17 heteroatoms. The van der Waals surface area contributed by atoms with Gasteiger partial charge in [-0.1, -0.05) is 0 Å². The molecule has 1 aliphatic carbocycles.